The van der Waals surface area contributed by atoms with Crippen LogP contribution in [0.15, 0.2) is 47.4 Å². The second kappa shape index (κ2) is 8.57. The van der Waals surface area contributed by atoms with E-state index >= 15 is 0 Å². The molecule has 5 nitrogen and oxygen atoms in total. The van der Waals surface area contributed by atoms with Crippen LogP contribution >= 0.6 is 11.8 Å². The molecular formula is C21H24N2O3S. The molecule has 2 aromatic rings. The quantitative estimate of drug-likeness (QED) is 0.784. The normalized spacial score (nSPS) is 16.1. The van der Waals surface area contributed by atoms with Gasteiger partial charge in [0.1, 0.15) is 13.2 Å². The summed E-state index contributed by atoms with van der Waals surface area (Å²) in [5.41, 5.74) is 2.02. The van der Waals surface area contributed by atoms with Crippen molar-refractivity contribution >= 4 is 29.0 Å². The molecule has 0 unspecified atom stereocenters. The number of carbonyl (C=O) groups is 1. The molecule has 1 fully saturated rings. The Morgan fingerprint density at radius 2 is 1.78 bits per heavy atom. The lowest BCUT2D eigenvalue weighted by molar-refractivity contribution is -0.113. The van der Waals surface area contributed by atoms with Gasteiger partial charge in [-0.15, -0.1) is 11.8 Å². The van der Waals surface area contributed by atoms with Crippen LogP contribution in [0.5, 0.6) is 11.5 Å². The summed E-state index contributed by atoms with van der Waals surface area (Å²) in [6.45, 7) is 3.25. The van der Waals surface area contributed by atoms with Crippen LogP contribution in [0.3, 0.4) is 0 Å². The number of amides is 1. The minimum absolute atomic E-state index is 0.000603. The van der Waals surface area contributed by atoms with Crippen molar-refractivity contribution in [1.82, 2.24) is 0 Å². The number of thioether (sulfide) groups is 1. The third-order valence-electron chi connectivity index (χ3n) is 4.76. The van der Waals surface area contributed by atoms with Crippen molar-refractivity contribution in [3.63, 3.8) is 0 Å². The van der Waals surface area contributed by atoms with Crippen LogP contribution in [0.2, 0.25) is 0 Å². The van der Waals surface area contributed by atoms with E-state index in [2.05, 4.69) is 16.3 Å². The Morgan fingerprint density at radius 3 is 2.63 bits per heavy atom. The summed E-state index contributed by atoms with van der Waals surface area (Å²) in [5.74, 6) is 1.88. The van der Waals surface area contributed by atoms with Gasteiger partial charge in [-0.2, -0.15) is 0 Å². The lowest BCUT2D eigenvalue weighted by Gasteiger charge is -2.30. The first-order valence-corrected chi connectivity index (χ1v) is 10.4. The smallest absolute Gasteiger partial charge is 0.234 e. The van der Waals surface area contributed by atoms with E-state index in [0.29, 0.717) is 19.0 Å². The van der Waals surface area contributed by atoms with Gasteiger partial charge in [0.05, 0.1) is 17.1 Å². The van der Waals surface area contributed by atoms with E-state index < -0.39 is 0 Å². The third-order valence-corrected chi connectivity index (χ3v) is 5.75. The average molecular weight is 385 g/mol. The number of benzene rings is 2. The van der Waals surface area contributed by atoms with Gasteiger partial charge in [-0.3, -0.25) is 4.79 Å². The number of piperidine rings is 1. The summed E-state index contributed by atoms with van der Waals surface area (Å²) < 4.78 is 11.1. The molecule has 1 saturated heterocycles. The van der Waals surface area contributed by atoms with Crippen molar-refractivity contribution in [3.8, 4) is 11.5 Å². The zero-order valence-electron chi connectivity index (χ0n) is 15.3. The van der Waals surface area contributed by atoms with Gasteiger partial charge in [0.25, 0.3) is 0 Å². The fourth-order valence-electron chi connectivity index (χ4n) is 3.44. The molecule has 27 heavy (non-hydrogen) atoms. The Bertz CT molecular complexity index is 806. The highest BCUT2D eigenvalue weighted by atomic mass is 32.2. The number of nitrogens with zero attached hydrogens (tertiary/aromatic N) is 1. The van der Waals surface area contributed by atoms with E-state index in [-0.39, 0.29) is 5.91 Å². The van der Waals surface area contributed by atoms with E-state index in [1.54, 1.807) is 0 Å². The monoisotopic (exact) mass is 384 g/mol. The van der Waals surface area contributed by atoms with E-state index in [0.717, 1.165) is 40.9 Å². The predicted molar refractivity (Wildman–Crippen MR) is 109 cm³/mol. The van der Waals surface area contributed by atoms with Crippen molar-refractivity contribution in [2.75, 3.05) is 42.3 Å². The Hall–Kier alpha value is -2.34. The van der Waals surface area contributed by atoms with Crippen LogP contribution in [0.25, 0.3) is 0 Å². The van der Waals surface area contributed by atoms with Crippen LogP contribution in [0.1, 0.15) is 19.3 Å². The molecule has 0 radical (unpaired) electrons. The number of hydrogen-bond donors (Lipinski definition) is 1. The van der Waals surface area contributed by atoms with Crippen molar-refractivity contribution in [3.05, 3.63) is 42.5 Å². The molecular weight excluding hydrogens is 360 g/mol. The van der Waals surface area contributed by atoms with Gasteiger partial charge in [-0.25, -0.2) is 0 Å². The first kappa shape index (κ1) is 18.0. The molecule has 0 bridgehead atoms. The number of fused-ring (bicyclic) bond motifs is 1. The summed E-state index contributed by atoms with van der Waals surface area (Å²) in [5, 5.41) is 3.08. The third kappa shape index (κ3) is 4.50. The average Bonchev–Trinajstić information content (AvgIpc) is 2.73. The van der Waals surface area contributed by atoms with E-state index in [4.69, 9.17) is 9.47 Å². The summed E-state index contributed by atoms with van der Waals surface area (Å²) in [4.78, 5) is 15.9. The summed E-state index contributed by atoms with van der Waals surface area (Å²) in [6, 6.07) is 13.9. The number of ether oxygens (including phenoxy) is 2. The second-order valence-corrected chi connectivity index (χ2v) is 7.76. The molecule has 4 rings (SSSR count). The van der Waals surface area contributed by atoms with Gasteiger partial charge in [-0.05, 0) is 49.6 Å². The van der Waals surface area contributed by atoms with Gasteiger partial charge in [0.15, 0.2) is 11.5 Å². The molecule has 142 valence electrons. The summed E-state index contributed by atoms with van der Waals surface area (Å²) in [7, 11) is 0. The molecule has 1 amide bonds. The van der Waals surface area contributed by atoms with Crippen molar-refractivity contribution in [2.24, 2.45) is 0 Å². The second-order valence-electron chi connectivity index (χ2n) is 6.71. The highest BCUT2D eigenvalue weighted by molar-refractivity contribution is 8.00. The van der Waals surface area contributed by atoms with Crippen molar-refractivity contribution in [2.45, 2.75) is 24.2 Å². The fraction of sp³-hybridized carbons (Fsp3) is 0.381. The summed E-state index contributed by atoms with van der Waals surface area (Å²) >= 11 is 1.50. The Kier molecular flexibility index (Phi) is 5.72. The highest BCUT2D eigenvalue weighted by Gasteiger charge is 2.16. The van der Waals surface area contributed by atoms with Crippen LogP contribution in [-0.2, 0) is 4.79 Å². The maximum absolute atomic E-state index is 12.5. The van der Waals surface area contributed by atoms with Crippen LogP contribution in [-0.4, -0.2) is 38.0 Å². The molecule has 0 spiro atoms. The lowest BCUT2D eigenvalue weighted by atomic mass is 10.1. The first-order chi connectivity index (χ1) is 13.3. The fourth-order valence-corrected chi connectivity index (χ4v) is 4.16. The number of nitrogens with one attached hydrogen (secondary N) is 1. The molecule has 2 heterocycles. The molecule has 0 atom stereocenters. The molecule has 0 aromatic heterocycles. The lowest BCUT2D eigenvalue weighted by Crippen LogP contribution is -2.30. The van der Waals surface area contributed by atoms with Gasteiger partial charge >= 0.3 is 0 Å². The zero-order chi connectivity index (χ0) is 18.5. The van der Waals surface area contributed by atoms with Crippen LogP contribution < -0.4 is 19.7 Å². The number of para-hydroxylation sites is 2. The number of hydrogen-bond acceptors (Lipinski definition) is 5. The van der Waals surface area contributed by atoms with Gasteiger partial charge in [-0.1, -0.05) is 12.1 Å². The van der Waals surface area contributed by atoms with E-state index in [1.807, 2.05) is 36.4 Å². The number of rotatable bonds is 5. The Labute approximate surface area is 164 Å². The van der Waals surface area contributed by atoms with Crippen LogP contribution in [0, 0.1) is 0 Å². The maximum atomic E-state index is 12.5. The largest absolute Gasteiger partial charge is 0.486 e. The topological polar surface area (TPSA) is 50.8 Å². The highest BCUT2D eigenvalue weighted by Crippen LogP contribution is 2.34. The van der Waals surface area contributed by atoms with E-state index in [9.17, 15) is 4.79 Å². The van der Waals surface area contributed by atoms with Crippen molar-refractivity contribution in [1.29, 1.82) is 0 Å². The Morgan fingerprint density at radius 1 is 1.00 bits per heavy atom. The standard InChI is InChI=1S/C21H24N2O3S/c24-21(15-27-16-8-9-19-20(14-16)26-13-12-25-19)22-17-6-2-3-7-18(17)23-10-4-1-5-11-23/h2-3,6-9,14H,1,4-5,10-13,15H2,(H,22,24). The summed E-state index contributed by atoms with van der Waals surface area (Å²) in [6.07, 6.45) is 3.71. The number of anilines is 2. The molecule has 2 aromatic carbocycles. The minimum Gasteiger partial charge on any atom is -0.486 e. The Balaban J connectivity index is 1.37. The van der Waals surface area contributed by atoms with Gasteiger partial charge in [0, 0.05) is 18.0 Å². The molecule has 2 aliphatic rings. The van der Waals surface area contributed by atoms with Gasteiger partial charge < -0.3 is 19.7 Å². The van der Waals surface area contributed by atoms with Crippen molar-refractivity contribution < 1.29 is 14.3 Å². The molecule has 6 heteroatoms. The zero-order valence-corrected chi connectivity index (χ0v) is 16.1. The molecule has 1 N–H and O–H groups in total. The molecule has 2 aliphatic heterocycles. The first-order valence-electron chi connectivity index (χ1n) is 9.46. The minimum atomic E-state index is -0.000603. The number of carbonyl (C=O) groups excluding carboxylic acids is 1. The van der Waals surface area contributed by atoms with Gasteiger partial charge in [0.2, 0.25) is 5.91 Å². The maximum Gasteiger partial charge on any atom is 0.234 e. The predicted octanol–water partition coefficient (Wildman–Crippen LogP) is 4.18. The molecule has 0 saturated carbocycles. The van der Waals surface area contributed by atoms with Crippen LogP contribution in [0.4, 0.5) is 11.4 Å². The SMILES string of the molecule is O=C(CSc1ccc2c(c1)OCCO2)Nc1ccccc1N1CCCCC1. The van der Waals surface area contributed by atoms with E-state index in [1.165, 1.54) is 31.0 Å². The molecule has 0 aliphatic carbocycles.